The summed E-state index contributed by atoms with van der Waals surface area (Å²) in [7, 11) is 1.58. The van der Waals surface area contributed by atoms with Crippen molar-refractivity contribution in [2.24, 2.45) is 0 Å². The molecule has 2 aromatic heterocycles. The highest BCUT2D eigenvalue weighted by atomic mass is 32.1. The molecule has 1 N–H and O–H groups in total. The monoisotopic (exact) mass is 505 g/mol. The predicted molar refractivity (Wildman–Crippen MR) is 140 cm³/mol. The largest absolute Gasteiger partial charge is 0.504 e. The summed E-state index contributed by atoms with van der Waals surface area (Å²) >= 11 is 1.75. The van der Waals surface area contributed by atoms with Crippen LogP contribution in [-0.2, 0) is 0 Å². The first-order chi connectivity index (χ1) is 17.7. The minimum absolute atomic E-state index is 0.131. The maximum absolute atomic E-state index is 10.2. The van der Waals surface area contributed by atoms with Crippen molar-refractivity contribution in [1.82, 2.24) is 30.1 Å². The molecule has 188 valence electrons. The van der Waals surface area contributed by atoms with E-state index in [1.807, 2.05) is 18.2 Å². The van der Waals surface area contributed by atoms with Crippen molar-refractivity contribution in [1.29, 1.82) is 0 Å². The summed E-state index contributed by atoms with van der Waals surface area (Å²) in [5.41, 5.74) is 2.07. The average Bonchev–Trinajstić information content (AvgIpc) is 3.58. The van der Waals surface area contributed by atoms with E-state index in [-0.39, 0.29) is 11.8 Å². The van der Waals surface area contributed by atoms with E-state index in [1.165, 1.54) is 24.0 Å². The molecule has 9 nitrogen and oxygen atoms in total. The highest BCUT2D eigenvalue weighted by Crippen LogP contribution is 2.37. The number of hydrogen-bond acceptors (Lipinski definition) is 9. The first-order valence-corrected chi connectivity index (χ1v) is 13.5. The number of aromatic nitrogens is 5. The Morgan fingerprint density at radius 2 is 1.83 bits per heavy atom. The molecule has 0 unspecified atom stereocenters. The lowest BCUT2D eigenvalue weighted by molar-refractivity contribution is 0.193. The Morgan fingerprint density at radius 1 is 1.03 bits per heavy atom. The SMILES string of the molecule is COc1cc([C@H](c2nnnn2C2CCCCC2)N2CCN(c3nc4ccccc4s3)CC2)ccc1O. The molecule has 0 amide bonds. The van der Waals surface area contributed by atoms with E-state index >= 15 is 0 Å². The molecule has 2 aliphatic rings. The summed E-state index contributed by atoms with van der Waals surface area (Å²) in [6, 6.07) is 14.1. The van der Waals surface area contributed by atoms with Crippen LogP contribution in [-0.4, -0.2) is 68.5 Å². The average molecular weight is 506 g/mol. The van der Waals surface area contributed by atoms with E-state index in [0.717, 1.165) is 61.1 Å². The van der Waals surface area contributed by atoms with Gasteiger partial charge in [-0.05, 0) is 53.1 Å². The number of aromatic hydroxyl groups is 1. The standard InChI is InChI=1S/C26H31N7O2S/c1-35-22-17-18(11-12-21(22)34)24(25-28-29-30-33(25)19-7-3-2-4-8-19)31-13-15-32(16-14-31)26-27-20-9-5-6-10-23(20)36-26/h5-6,9-12,17,19,24,34H,2-4,7-8,13-16H2,1H3/t24-/m1/s1. The van der Waals surface area contributed by atoms with Crippen LogP contribution in [0.1, 0.15) is 55.6 Å². The molecule has 2 fully saturated rings. The number of fused-ring (bicyclic) bond motifs is 1. The third-order valence-electron chi connectivity index (χ3n) is 7.44. The molecule has 1 aliphatic carbocycles. The second kappa shape index (κ2) is 10.0. The number of piperazine rings is 1. The number of benzene rings is 2. The Bertz CT molecular complexity index is 1290. The molecule has 0 radical (unpaired) electrons. The summed E-state index contributed by atoms with van der Waals surface area (Å²) < 4.78 is 8.73. The van der Waals surface area contributed by atoms with Gasteiger partial charge in [0.1, 0.15) is 0 Å². The van der Waals surface area contributed by atoms with E-state index in [2.05, 4.69) is 48.2 Å². The summed E-state index contributed by atoms with van der Waals surface area (Å²) in [4.78, 5) is 9.69. The molecular formula is C26H31N7O2S. The van der Waals surface area contributed by atoms with Crippen LogP contribution in [0.3, 0.4) is 0 Å². The van der Waals surface area contributed by atoms with Gasteiger partial charge in [0.25, 0.3) is 0 Å². The van der Waals surface area contributed by atoms with E-state index in [9.17, 15) is 5.11 Å². The van der Waals surface area contributed by atoms with Crippen LogP contribution in [0, 0.1) is 0 Å². The zero-order valence-corrected chi connectivity index (χ0v) is 21.3. The fraction of sp³-hybridized carbons (Fsp3) is 0.462. The van der Waals surface area contributed by atoms with Gasteiger partial charge >= 0.3 is 0 Å². The van der Waals surface area contributed by atoms with Crippen LogP contribution in [0.4, 0.5) is 5.13 Å². The third-order valence-corrected chi connectivity index (χ3v) is 8.53. The first kappa shape index (κ1) is 23.2. The second-order valence-electron chi connectivity index (χ2n) is 9.59. The number of tetrazole rings is 1. The number of hydrogen-bond donors (Lipinski definition) is 1. The summed E-state index contributed by atoms with van der Waals surface area (Å²) in [6.07, 6.45) is 5.91. The first-order valence-electron chi connectivity index (χ1n) is 12.7. The summed E-state index contributed by atoms with van der Waals surface area (Å²) in [6.45, 7) is 3.44. The van der Waals surface area contributed by atoms with Gasteiger partial charge < -0.3 is 14.7 Å². The normalized spacial score (nSPS) is 18.5. The number of methoxy groups -OCH3 is 1. The maximum Gasteiger partial charge on any atom is 0.186 e. The zero-order valence-electron chi connectivity index (χ0n) is 20.5. The Morgan fingerprint density at radius 3 is 2.61 bits per heavy atom. The molecule has 0 spiro atoms. The van der Waals surface area contributed by atoms with Crippen LogP contribution in [0.15, 0.2) is 42.5 Å². The number of para-hydroxylation sites is 1. The molecule has 1 saturated heterocycles. The Balaban J connectivity index is 1.30. The Hall–Kier alpha value is -3.24. The number of anilines is 1. The van der Waals surface area contributed by atoms with Crippen molar-refractivity contribution in [3.8, 4) is 11.5 Å². The van der Waals surface area contributed by atoms with Gasteiger partial charge in [0.05, 0.1) is 29.4 Å². The third kappa shape index (κ3) is 4.39. The van der Waals surface area contributed by atoms with Crippen molar-refractivity contribution in [3.63, 3.8) is 0 Å². The minimum Gasteiger partial charge on any atom is -0.504 e. The van der Waals surface area contributed by atoms with Gasteiger partial charge in [0.2, 0.25) is 0 Å². The predicted octanol–water partition coefficient (Wildman–Crippen LogP) is 4.41. The van der Waals surface area contributed by atoms with Crippen LogP contribution < -0.4 is 9.64 Å². The lowest BCUT2D eigenvalue weighted by atomic mass is 9.95. The molecule has 1 saturated carbocycles. The number of nitrogens with zero attached hydrogens (tertiary/aromatic N) is 7. The van der Waals surface area contributed by atoms with Gasteiger partial charge in [-0.2, -0.15) is 0 Å². The second-order valence-corrected chi connectivity index (χ2v) is 10.6. The number of phenolic OH excluding ortho intramolecular Hbond substituents is 1. The zero-order chi connectivity index (χ0) is 24.5. The van der Waals surface area contributed by atoms with Crippen molar-refractivity contribution >= 4 is 26.7 Å². The number of thiazole rings is 1. The van der Waals surface area contributed by atoms with Crippen LogP contribution in [0.2, 0.25) is 0 Å². The Kier molecular flexibility index (Phi) is 6.45. The van der Waals surface area contributed by atoms with Gasteiger partial charge in [-0.1, -0.05) is 48.8 Å². The summed E-state index contributed by atoms with van der Waals surface area (Å²) in [5, 5.41) is 24.5. The minimum atomic E-state index is -0.131. The molecule has 3 heterocycles. The lowest BCUT2D eigenvalue weighted by Crippen LogP contribution is -2.48. The highest BCUT2D eigenvalue weighted by Gasteiger charge is 2.33. The van der Waals surface area contributed by atoms with Crippen molar-refractivity contribution < 1.29 is 9.84 Å². The number of ether oxygens (including phenoxy) is 1. The van der Waals surface area contributed by atoms with Crippen molar-refractivity contribution in [3.05, 3.63) is 53.9 Å². The molecular weight excluding hydrogens is 474 g/mol. The van der Waals surface area contributed by atoms with E-state index in [0.29, 0.717) is 11.8 Å². The Labute approximate surface area is 214 Å². The van der Waals surface area contributed by atoms with Gasteiger partial charge in [0.15, 0.2) is 22.5 Å². The smallest absolute Gasteiger partial charge is 0.186 e. The van der Waals surface area contributed by atoms with Crippen LogP contribution in [0.5, 0.6) is 11.5 Å². The van der Waals surface area contributed by atoms with Crippen molar-refractivity contribution in [2.45, 2.75) is 44.2 Å². The number of phenols is 1. The highest BCUT2D eigenvalue weighted by molar-refractivity contribution is 7.22. The molecule has 1 atom stereocenters. The van der Waals surface area contributed by atoms with Gasteiger partial charge in [-0.25, -0.2) is 9.67 Å². The van der Waals surface area contributed by atoms with Crippen molar-refractivity contribution in [2.75, 3.05) is 38.2 Å². The topological polar surface area (TPSA) is 92.4 Å². The van der Waals surface area contributed by atoms with Gasteiger partial charge in [-0.15, -0.1) is 5.10 Å². The molecule has 0 bridgehead atoms. The fourth-order valence-electron chi connectivity index (χ4n) is 5.52. The molecule has 4 aromatic rings. The summed E-state index contributed by atoms with van der Waals surface area (Å²) in [5.74, 6) is 1.46. The molecule has 10 heteroatoms. The quantitative estimate of drug-likeness (QED) is 0.412. The molecule has 36 heavy (non-hydrogen) atoms. The van der Waals surface area contributed by atoms with Gasteiger partial charge in [0, 0.05) is 26.2 Å². The molecule has 6 rings (SSSR count). The van der Waals surface area contributed by atoms with Gasteiger partial charge in [-0.3, -0.25) is 4.90 Å². The lowest BCUT2D eigenvalue weighted by Gasteiger charge is -2.39. The van der Waals surface area contributed by atoms with E-state index in [1.54, 1.807) is 24.5 Å². The molecule has 2 aromatic carbocycles. The fourth-order valence-corrected chi connectivity index (χ4v) is 6.54. The number of rotatable bonds is 6. The molecule has 1 aliphatic heterocycles. The van der Waals surface area contributed by atoms with Crippen LogP contribution >= 0.6 is 11.3 Å². The van der Waals surface area contributed by atoms with E-state index < -0.39 is 0 Å². The van der Waals surface area contributed by atoms with Crippen LogP contribution in [0.25, 0.3) is 10.2 Å². The van der Waals surface area contributed by atoms with E-state index in [4.69, 9.17) is 9.72 Å². The maximum atomic E-state index is 10.2.